The number of hydrogen-bond acceptors (Lipinski definition) is 4. The number of benzene rings is 1. The lowest BCUT2D eigenvalue weighted by atomic mass is 10.2. The first kappa shape index (κ1) is 10.9. The van der Waals surface area contributed by atoms with Crippen LogP contribution in [0, 0.1) is 12.7 Å². The van der Waals surface area contributed by atoms with Gasteiger partial charge in [0.15, 0.2) is 0 Å². The number of aromatic nitrogens is 1. The van der Waals surface area contributed by atoms with E-state index in [1.54, 1.807) is 17.4 Å². The summed E-state index contributed by atoms with van der Waals surface area (Å²) in [5, 5.41) is 6.04. The molecule has 0 fully saturated rings. The third-order valence-electron chi connectivity index (χ3n) is 2.03. The molecule has 0 amide bonds. The van der Waals surface area contributed by atoms with E-state index in [9.17, 15) is 4.39 Å². The van der Waals surface area contributed by atoms with Crippen molar-refractivity contribution < 1.29 is 4.39 Å². The lowest BCUT2D eigenvalue weighted by Gasteiger charge is -2.05. The first-order chi connectivity index (χ1) is 7.63. The maximum Gasteiger partial charge on any atom is 0.127 e. The van der Waals surface area contributed by atoms with Crippen molar-refractivity contribution in [2.75, 3.05) is 11.1 Å². The molecule has 16 heavy (non-hydrogen) atoms. The molecular formula is C11H12FN3S. The summed E-state index contributed by atoms with van der Waals surface area (Å²) >= 11 is 1.58. The number of nitrogens with zero attached hydrogens (tertiary/aromatic N) is 1. The normalized spacial score (nSPS) is 10.4. The molecule has 1 aromatic carbocycles. The largest absolute Gasteiger partial charge is 0.399 e. The Hall–Kier alpha value is -1.62. The van der Waals surface area contributed by atoms with Crippen LogP contribution in [-0.2, 0) is 6.54 Å². The molecule has 5 heteroatoms. The number of nitrogens with one attached hydrogen (secondary N) is 1. The third-order valence-corrected chi connectivity index (χ3v) is 3.00. The van der Waals surface area contributed by atoms with E-state index in [1.165, 1.54) is 12.1 Å². The number of anilines is 2. The van der Waals surface area contributed by atoms with E-state index in [4.69, 9.17) is 5.73 Å². The summed E-state index contributed by atoms with van der Waals surface area (Å²) < 4.78 is 13.0. The summed E-state index contributed by atoms with van der Waals surface area (Å²) in [6, 6.07) is 4.40. The minimum absolute atomic E-state index is 0.335. The molecule has 1 heterocycles. The average molecular weight is 237 g/mol. The van der Waals surface area contributed by atoms with Crippen LogP contribution in [0.15, 0.2) is 23.6 Å². The summed E-state index contributed by atoms with van der Waals surface area (Å²) in [6.45, 7) is 2.53. The van der Waals surface area contributed by atoms with Gasteiger partial charge in [0.1, 0.15) is 10.8 Å². The molecule has 1 aromatic heterocycles. The van der Waals surface area contributed by atoms with Gasteiger partial charge in [-0.25, -0.2) is 9.37 Å². The van der Waals surface area contributed by atoms with E-state index in [-0.39, 0.29) is 5.82 Å². The SMILES string of the molecule is Cc1csc(CNc2cc(N)cc(F)c2)n1. The molecule has 0 atom stereocenters. The molecule has 0 spiro atoms. The van der Waals surface area contributed by atoms with E-state index >= 15 is 0 Å². The molecule has 0 saturated carbocycles. The standard InChI is InChI=1S/C11H12FN3S/c1-7-6-16-11(15-7)5-14-10-3-8(12)2-9(13)4-10/h2-4,6,14H,5,13H2,1H3. The Kier molecular flexibility index (Phi) is 3.05. The van der Waals surface area contributed by atoms with Crippen LogP contribution < -0.4 is 11.1 Å². The zero-order valence-corrected chi connectivity index (χ0v) is 9.64. The predicted molar refractivity (Wildman–Crippen MR) is 65.0 cm³/mol. The van der Waals surface area contributed by atoms with Crippen LogP contribution in [-0.4, -0.2) is 4.98 Å². The van der Waals surface area contributed by atoms with Gasteiger partial charge in [-0.15, -0.1) is 11.3 Å². The Morgan fingerprint density at radius 1 is 1.44 bits per heavy atom. The second-order valence-electron chi connectivity index (χ2n) is 3.51. The number of halogens is 1. The van der Waals surface area contributed by atoms with E-state index in [1.807, 2.05) is 12.3 Å². The van der Waals surface area contributed by atoms with Crippen molar-refractivity contribution in [3.8, 4) is 0 Å². The fraction of sp³-hybridized carbons (Fsp3) is 0.182. The Labute approximate surface area is 97.1 Å². The van der Waals surface area contributed by atoms with Gasteiger partial charge >= 0.3 is 0 Å². The first-order valence-corrected chi connectivity index (χ1v) is 5.72. The van der Waals surface area contributed by atoms with Crippen molar-refractivity contribution >= 4 is 22.7 Å². The zero-order valence-electron chi connectivity index (χ0n) is 8.83. The molecule has 0 aliphatic carbocycles. The molecular weight excluding hydrogens is 225 g/mol. The average Bonchev–Trinajstić information content (AvgIpc) is 2.60. The molecule has 3 N–H and O–H groups in total. The quantitative estimate of drug-likeness (QED) is 0.807. The van der Waals surface area contributed by atoms with Crippen molar-refractivity contribution in [1.29, 1.82) is 0 Å². The third kappa shape index (κ3) is 2.70. The first-order valence-electron chi connectivity index (χ1n) is 4.84. The maximum atomic E-state index is 13.0. The van der Waals surface area contributed by atoms with Gasteiger partial charge in [0.25, 0.3) is 0 Å². The van der Waals surface area contributed by atoms with Crippen LogP contribution >= 0.6 is 11.3 Å². The second-order valence-corrected chi connectivity index (χ2v) is 4.45. The monoisotopic (exact) mass is 237 g/mol. The Bertz CT molecular complexity index is 475. The minimum Gasteiger partial charge on any atom is -0.399 e. The zero-order chi connectivity index (χ0) is 11.5. The van der Waals surface area contributed by atoms with Gasteiger partial charge in [-0.3, -0.25) is 0 Å². The highest BCUT2D eigenvalue weighted by Crippen LogP contribution is 2.17. The molecule has 2 rings (SSSR count). The second kappa shape index (κ2) is 4.49. The number of aryl methyl sites for hydroxylation is 1. The molecule has 0 unspecified atom stereocenters. The van der Waals surface area contributed by atoms with Gasteiger partial charge in [0.05, 0.1) is 6.54 Å². The molecule has 2 aromatic rings. The van der Waals surface area contributed by atoms with Gasteiger partial charge in [0.2, 0.25) is 0 Å². The molecule has 84 valence electrons. The summed E-state index contributed by atoms with van der Waals surface area (Å²) in [7, 11) is 0. The van der Waals surface area contributed by atoms with Crippen molar-refractivity contribution in [1.82, 2.24) is 4.98 Å². The summed E-state index contributed by atoms with van der Waals surface area (Å²) in [5.74, 6) is -0.335. The number of rotatable bonds is 3. The van der Waals surface area contributed by atoms with Gasteiger partial charge < -0.3 is 11.1 Å². The number of nitrogens with two attached hydrogens (primary N) is 1. The summed E-state index contributed by atoms with van der Waals surface area (Å²) in [6.07, 6.45) is 0. The van der Waals surface area contributed by atoms with Gasteiger partial charge in [0, 0.05) is 22.4 Å². The lowest BCUT2D eigenvalue weighted by Crippen LogP contribution is -2.00. The minimum atomic E-state index is -0.335. The number of hydrogen-bond donors (Lipinski definition) is 2. The molecule has 3 nitrogen and oxygen atoms in total. The van der Waals surface area contributed by atoms with Crippen LogP contribution in [0.25, 0.3) is 0 Å². The topological polar surface area (TPSA) is 50.9 Å². The van der Waals surface area contributed by atoms with Crippen molar-refractivity contribution in [2.45, 2.75) is 13.5 Å². The van der Waals surface area contributed by atoms with Crippen molar-refractivity contribution in [3.63, 3.8) is 0 Å². The fourth-order valence-electron chi connectivity index (χ4n) is 1.38. The number of thiazole rings is 1. The van der Waals surface area contributed by atoms with E-state index in [0.717, 1.165) is 10.7 Å². The molecule has 0 aliphatic heterocycles. The maximum absolute atomic E-state index is 13.0. The Morgan fingerprint density at radius 2 is 2.25 bits per heavy atom. The summed E-state index contributed by atoms with van der Waals surface area (Å²) in [4.78, 5) is 4.30. The van der Waals surface area contributed by atoms with E-state index in [2.05, 4.69) is 10.3 Å². The van der Waals surface area contributed by atoms with Crippen molar-refractivity contribution in [2.24, 2.45) is 0 Å². The van der Waals surface area contributed by atoms with E-state index < -0.39 is 0 Å². The highest BCUT2D eigenvalue weighted by molar-refractivity contribution is 7.09. The van der Waals surface area contributed by atoms with Crippen LogP contribution in [0.3, 0.4) is 0 Å². The Morgan fingerprint density at radius 3 is 2.88 bits per heavy atom. The molecule has 0 radical (unpaired) electrons. The highest BCUT2D eigenvalue weighted by Gasteiger charge is 2.01. The number of nitrogen functional groups attached to an aromatic ring is 1. The highest BCUT2D eigenvalue weighted by atomic mass is 32.1. The molecule has 0 aliphatic rings. The van der Waals surface area contributed by atoms with Gasteiger partial charge in [-0.2, -0.15) is 0 Å². The molecule has 0 bridgehead atoms. The smallest absolute Gasteiger partial charge is 0.127 e. The molecule has 0 saturated heterocycles. The Balaban J connectivity index is 2.04. The van der Waals surface area contributed by atoms with Crippen LogP contribution in [0.1, 0.15) is 10.7 Å². The van der Waals surface area contributed by atoms with Crippen LogP contribution in [0.5, 0.6) is 0 Å². The fourth-order valence-corrected chi connectivity index (χ4v) is 2.09. The van der Waals surface area contributed by atoms with Crippen LogP contribution in [0.2, 0.25) is 0 Å². The predicted octanol–water partition coefficient (Wildman–Crippen LogP) is 2.78. The van der Waals surface area contributed by atoms with Crippen molar-refractivity contribution in [3.05, 3.63) is 40.1 Å². The van der Waals surface area contributed by atoms with E-state index in [0.29, 0.717) is 17.9 Å². The van der Waals surface area contributed by atoms with Crippen LogP contribution in [0.4, 0.5) is 15.8 Å². The lowest BCUT2D eigenvalue weighted by molar-refractivity contribution is 0.629. The summed E-state index contributed by atoms with van der Waals surface area (Å²) in [5.41, 5.74) is 7.63. The van der Waals surface area contributed by atoms with Gasteiger partial charge in [-0.1, -0.05) is 0 Å². The van der Waals surface area contributed by atoms with Gasteiger partial charge in [-0.05, 0) is 25.1 Å².